The Labute approximate surface area is 133 Å². The Hall–Kier alpha value is -0.650. The SMILES string of the molecule is COCCC(=O)N1CC2(CC[C@H](CN3CCCCC3)CO2)C1. The Balaban J connectivity index is 1.36. The summed E-state index contributed by atoms with van der Waals surface area (Å²) in [5.74, 6) is 0.883. The summed E-state index contributed by atoms with van der Waals surface area (Å²) in [4.78, 5) is 16.4. The Morgan fingerprint density at radius 1 is 1.27 bits per heavy atom. The van der Waals surface area contributed by atoms with Gasteiger partial charge in [-0.2, -0.15) is 0 Å². The predicted molar refractivity (Wildman–Crippen MR) is 84.8 cm³/mol. The third kappa shape index (κ3) is 3.81. The number of piperidine rings is 1. The quantitative estimate of drug-likeness (QED) is 0.772. The lowest BCUT2D eigenvalue weighted by Gasteiger charge is -2.53. The molecule has 0 N–H and O–H groups in total. The van der Waals surface area contributed by atoms with Crippen molar-refractivity contribution in [3.05, 3.63) is 0 Å². The lowest BCUT2D eigenvalue weighted by atomic mass is 9.82. The Morgan fingerprint density at radius 3 is 2.68 bits per heavy atom. The normalized spacial score (nSPS) is 28.6. The van der Waals surface area contributed by atoms with Crippen LogP contribution in [0.3, 0.4) is 0 Å². The molecule has 0 aromatic rings. The van der Waals surface area contributed by atoms with Gasteiger partial charge in [-0.1, -0.05) is 6.42 Å². The van der Waals surface area contributed by atoms with Gasteiger partial charge in [-0.3, -0.25) is 4.79 Å². The van der Waals surface area contributed by atoms with E-state index < -0.39 is 0 Å². The van der Waals surface area contributed by atoms with Crippen molar-refractivity contribution >= 4 is 5.91 Å². The van der Waals surface area contributed by atoms with Gasteiger partial charge in [0.05, 0.1) is 32.7 Å². The van der Waals surface area contributed by atoms with Gasteiger partial charge in [0.25, 0.3) is 0 Å². The molecule has 5 nitrogen and oxygen atoms in total. The van der Waals surface area contributed by atoms with Gasteiger partial charge in [0.1, 0.15) is 5.60 Å². The molecule has 5 heteroatoms. The molecule has 3 aliphatic heterocycles. The lowest BCUT2D eigenvalue weighted by Crippen LogP contribution is -2.66. The molecule has 0 aromatic heterocycles. The third-order valence-electron chi connectivity index (χ3n) is 5.43. The summed E-state index contributed by atoms with van der Waals surface area (Å²) < 4.78 is 11.2. The van der Waals surface area contributed by atoms with E-state index in [1.807, 2.05) is 4.90 Å². The standard InChI is InChI=1S/C17H30N2O3/c1-21-10-6-16(20)19-13-17(14-19)7-5-15(12-22-17)11-18-8-3-2-4-9-18/h15H,2-14H2,1H3/t15-/m1/s1. The number of rotatable bonds is 5. The molecular weight excluding hydrogens is 280 g/mol. The number of hydrogen-bond donors (Lipinski definition) is 0. The topological polar surface area (TPSA) is 42.0 Å². The van der Waals surface area contributed by atoms with Crippen LogP contribution in [0.25, 0.3) is 0 Å². The van der Waals surface area contributed by atoms with E-state index in [0.29, 0.717) is 18.9 Å². The maximum atomic E-state index is 11.9. The molecule has 3 rings (SSSR count). The number of nitrogens with zero attached hydrogens (tertiary/aromatic N) is 2. The van der Waals surface area contributed by atoms with Gasteiger partial charge < -0.3 is 19.3 Å². The largest absolute Gasteiger partial charge is 0.384 e. The number of likely N-dealkylation sites (tertiary alicyclic amines) is 2. The van der Waals surface area contributed by atoms with E-state index in [1.165, 1.54) is 45.3 Å². The fraction of sp³-hybridized carbons (Fsp3) is 0.941. The van der Waals surface area contributed by atoms with Crippen molar-refractivity contribution < 1.29 is 14.3 Å². The summed E-state index contributed by atoms with van der Waals surface area (Å²) in [5, 5.41) is 0. The van der Waals surface area contributed by atoms with Crippen molar-refractivity contribution in [3.63, 3.8) is 0 Å². The maximum Gasteiger partial charge on any atom is 0.225 e. The van der Waals surface area contributed by atoms with Gasteiger partial charge in [0, 0.05) is 13.7 Å². The van der Waals surface area contributed by atoms with Crippen LogP contribution in [0.2, 0.25) is 0 Å². The summed E-state index contributed by atoms with van der Waals surface area (Å²) in [7, 11) is 1.64. The highest BCUT2D eigenvalue weighted by molar-refractivity contribution is 5.77. The van der Waals surface area contributed by atoms with Crippen molar-refractivity contribution in [1.82, 2.24) is 9.80 Å². The van der Waals surface area contributed by atoms with Crippen molar-refractivity contribution in [2.24, 2.45) is 5.92 Å². The Bertz CT molecular complexity index is 366. The van der Waals surface area contributed by atoms with E-state index in [1.54, 1.807) is 7.11 Å². The zero-order valence-electron chi connectivity index (χ0n) is 13.9. The van der Waals surface area contributed by atoms with Crippen LogP contribution in [-0.4, -0.2) is 74.4 Å². The first kappa shape index (κ1) is 16.2. The first-order valence-corrected chi connectivity index (χ1v) is 8.84. The molecule has 0 saturated carbocycles. The molecule has 3 aliphatic rings. The summed E-state index contributed by atoms with van der Waals surface area (Å²) in [6.07, 6.45) is 6.96. The highest BCUT2D eigenvalue weighted by Gasteiger charge is 2.48. The van der Waals surface area contributed by atoms with Crippen molar-refractivity contribution in [1.29, 1.82) is 0 Å². The maximum absolute atomic E-state index is 11.9. The summed E-state index contributed by atoms with van der Waals surface area (Å²) >= 11 is 0. The monoisotopic (exact) mass is 310 g/mol. The summed E-state index contributed by atoms with van der Waals surface area (Å²) in [5.41, 5.74) is -0.0267. The van der Waals surface area contributed by atoms with Crippen molar-refractivity contribution in [2.45, 2.75) is 44.1 Å². The van der Waals surface area contributed by atoms with Crippen LogP contribution >= 0.6 is 0 Å². The third-order valence-corrected chi connectivity index (χ3v) is 5.43. The molecule has 126 valence electrons. The second-order valence-corrected chi connectivity index (χ2v) is 7.25. The molecule has 1 spiro atoms. The van der Waals surface area contributed by atoms with Gasteiger partial charge >= 0.3 is 0 Å². The Morgan fingerprint density at radius 2 is 2.05 bits per heavy atom. The van der Waals surface area contributed by atoms with Crippen LogP contribution in [0.15, 0.2) is 0 Å². The van der Waals surface area contributed by atoms with Gasteiger partial charge in [-0.05, 0) is 44.7 Å². The van der Waals surface area contributed by atoms with Crippen LogP contribution in [0.5, 0.6) is 0 Å². The molecule has 3 heterocycles. The van der Waals surface area contributed by atoms with Crippen LogP contribution in [0, 0.1) is 5.92 Å². The Kier molecular flexibility index (Phi) is 5.37. The van der Waals surface area contributed by atoms with E-state index in [9.17, 15) is 4.79 Å². The first-order valence-electron chi connectivity index (χ1n) is 8.84. The predicted octanol–water partition coefficient (Wildman–Crippen LogP) is 1.52. The minimum absolute atomic E-state index is 0.0267. The molecule has 0 aromatic carbocycles. The molecule has 0 unspecified atom stereocenters. The average Bonchev–Trinajstić information content (AvgIpc) is 2.52. The van der Waals surface area contributed by atoms with E-state index in [4.69, 9.17) is 9.47 Å². The van der Waals surface area contributed by atoms with Crippen molar-refractivity contribution in [3.8, 4) is 0 Å². The number of hydrogen-bond acceptors (Lipinski definition) is 4. The molecule has 3 fully saturated rings. The minimum Gasteiger partial charge on any atom is -0.384 e. The first-order chi connectivity index (χ1) is 10.7. The molecule has 1 atom stereocenters. The van der Waals surface area contributed by atoms with E-state index in [2.05, 4.69) is 4.90 Å². The molecule has 0 bridgehead atoms. The fourth-order valence-electron chi connectivity index (χ4n) is 3.99. The number of carbonyl (C=O) groups is 1. The van der Waals surface area contributed by atoms with E-state index in [-0.39, 0.29) is 11.5 Å². The number of amides is 1. The molecule has 22 heavy (non-hydrogen) atoms. The zero-order valence-corrected chi connectivity index (χ0v) is 13.9. The zero-order chi connectivity index (χ0) is 15.4. The number of methoxy groups -OCH3 is 1. The molecule has 0 aliphatic carbocycles. The van der Waals surface area contributed by atoms with Gasteiger partial charge in [0.15, 0.2) is 0 Å². The summed E-state index contributed by atoms with van der Waals surface area (Å²) in [6, 6.07) is 0. The highest BCUT2D eigenvalue weighted by atomic mass is 16.5. The number of ether oxygens (including phenoxy) is 2. The summed E-state index contributed by atoms with van der Waals surface area (Å²) in [6.45, 7) is 6.69. The second-order valence-electron chi connectivity index (χ2n) is 7.25. The number of carbonyl (C=O) groups excluding carboxylic acids is 1. The van der Waals surface area contributed by atoms with Crippen LogP contribution in [-0.2, 0) is 14.3 Å². The van der Waals surface area contributed by atoms with Crippen molar-refractivity contribution in [2.75, 3.05) is 53.0 Å². The van der Waals surface area contributed by atoms with Gasteiger partial charge in [0.2, 0.25) is 5.91 Å². The average molecular weight is 310 g/mol. The second kappa shape index (κ2) is 7.28. The molecule has 0 radical (unpaired) electrons. The van der Waals surface area contributed by atoms with E-state index in [0.717, 1.165) is 26.1 Å². The fourth-order valence-corrected chi connectivity index (χ4v) is 3.99. The molecule has 3 saturated heterocycles. The lowest BCUT2D eigenvalue weighted by molar-refractivity contribution is -0.190. The van der Waals surface area contributed by atoms with Crippen LogP contribution in [0.1, 0.15) is 38.5 Å². The highest BCUT2D eigenvalue weighted by Crippen LogP contribution is 2.36. The smallest absolute Gasteiger partial charge is 0.225 e. The molecule has 1 amide bonds. The van der Waals surface area contributed by atoms with E-state index >= 15 is 0 Å². The van der Waals surface area contributed by atoms with Crippen LogP contribution in [0.4, 0.5) is 0 Å². The van der Waals surface area contributed by atoms with Crippen LogP contribution < -0.4 is 0 Å². The molecular formula is C17H30N2O3. The minimum atomic E-state index is -0.0267. The van der Waals surface area contributed by atoms with Gasteiger partial charge in [-0.15, -0.1) is 0 Å². The van der Waals surface area contributed by atoms with Gasteiger partial charge in [-0.25, -0.2) is 0 Å².